The fourth-order valence-electron chi connectivity index (χ4n) is 3.46. The summed E-state index contributed by atoms with van der Waals surface area (Å²) in [5, 5.41) is 3.24. The van der Waals surface area contributed by atoms with Crippen LogP contribution < -0.4 is 5.32 Å². The van der Waals surface area contributed by atoms with E-state index in [9.17, 15) is 22.8 Å². The lowest BCUT2D eigenvalue weighted by Crippen LogP contribution is -2.52. The molecular formula is C23H26ClN3O5S. The topological polar surface area (TPSA) is 104 Å². The normalized spacial score (nSPS) is 16.1. The van der Waals surface area contributed by atoms with Crippen molar-refractivity contribution < 1.29 is 22.8 Å². The van der Waals surface area contributed by atoms with E-state index in [4.69, 9.17) is 11.6 Å². The second kappa shape index (κ2) is 9.93. The molecule has 1 heterocycles. The van der Waals surface area contributed by atoms with Crippen molar-refractivity contribution in [1.82, 2.24) is 14.5 Å². The summed E-state index contributed by atoms with van der Waals surface area (Å²) in [4.78, 5) is 40.0. The summed E-state index contributed by atoms with van der Waals surface area (Å²) in [5.41, 5.74) is 0.611. The fourth-order valence-corrected chi connectivity index (χ4v) is 5.17. The van der Waals surface area contributed by atoms with E-state index in [1.54, 1.807) is 37.3 Å². The van der Waals surface area contributed by atoms with E-state index in [1.807, 2.05) is 13.8 Å². The maximum Gasteiger partial charge on any atom is 0.269 e. The first kappa shape index (κ1) is 24.7. The van der Waals surface area contributed by atoms with Crippen LogP contribution in [0.25, 0.3) is 0 Å². The number of carbonyl (C=O) groups excluding carboxylic acids is 3. The quantitative estimate of drug-likeness (QED) is 0.611. The molecule has 176 valence electrons. The Morgan fingerprint density at radius 1 is 1.09 bits per heavy atom. The Labute approximate surface area is 198 Å². The molecule has 1 aliphatic heterocycles. The Balaban J connectivity index is 1.90. The number of fused-ring (bicyclic) bond motifs is 1. The van der Waals surface area contributed by atoms with Crippen LogP contribution in [0.15, 0.2) is 53.4 Å². The molecule has 2 aromatic carbocycles. The average molecular weight is 492 g/mol. The van der Waals surface area contributed by atoms with Crippen LogP contribution in [0.3, 0.4) is 0 Å². The standard InChI is InChI=1S/C23H26ClN3O5S/c1-4-15(2)25-22(29)16(3)26(13-17-9-5-7-11-19(17)24)21(28)14-27-23(30)18-10-6-8-12-20(18)33(27,31)32/h5-12,15-16H,4,13-14H2,1-3H3,(H,25,29)/t15-,16-/m0/s1. The molecule has 1 aliphatic rings. The highest BCUT2D eigenvalue weighted by atomic mass is 35.5. The number of sulfonamides is 1. The van der Waals surface area contributed by atoms with Crippen LogP contribution in [0, 0.1) is 0 Å². The number of hydrogen-bond donors (Lipinski definition) is 1. The smallest absolute Gasteiger partial charge is 0.269 e. The highest BCUT2D eigenvalue weighted by Crippen LogP contribution is 2.30. The Bertz CT molecular complexity index is 1180. The van der Waals surface area contributed by atoms with Crippen LogP contribution in [0.1, 0.15) is 43.1 Å². The number of nitrogens with zero attached hydrogens (tertiary/aromatic N) is 2. The lowest BCUT2D eigenvalue weighted by atomic mass is 10.1. The van der Waals surface area contributed by atoms with Crippen molar-refractivity contribution in [2.45, 2.75) is 50.7 Å². The third kappa shape index (κ3) is 5.04. The van der Waals surface area contributed by atoms with Crippen molar-refractivity contribution in [2.24, 2.45) is 0 Å². The van der Waals surface area contributed by atoms with Crippen molar-refractivity contribution in [1.29, 1.82) is 0 Å². The van der Waals surface area contributed by atoms with Gasteiger partial charge in [-0.2, -0.15) is 0 Å². The van der Waals surface area contributed by atoms with Crippen molar-refractivity contribution >= 4 is 39.3 Å². The third-order valence-electron chi connectivity index (χ3n) is 5.66. The second-order valence-electron chi connectivity index (χ2n) is 7.92. The molecule has 0 aliphatic carbocycles. The lowest BCUT2D eigenvalue weighted by molar-refractivity contribution is -0.140. The van der Waals surface area contributed by atoms with Gasteiger partial charge in [-0.05, 0) is 44.0 Å². The lowest BCUT2D eigenvalue weighted by Gasteiger charge is -2.31. The fraction of sp³-hybridized carbons (Fsp3) is 0.348. The molecule has 3 rings (SSSR count). The van der Waals surface area contributed by atoms with E-state index in [-0.39, 0.29) is 29.0 Å². The molecule has 0 spiro atoms. The number of carbonyl (C=O) groups is 3. The zero-order chi connectivity index (χ0) is 24.3. The van der Waals surface area contributed by atoms with Crippen molar-refractivity contribution in [3.63, 3.8) is 0 Å². The molecule has 0 saturated heterocycles. The zero-order valence-electron chi connectivity index (χ0n) is 18.6. The number of rotatable bonds is 8. The van der Waals surface area contributed by atoms with Crippen molar-refractivity contribution in [2.75, 3.05) is 6.54 Å². The largest absolute Gasteiger partial charge is 0.352 e. The molecule has 0 fully saturated rings. The minimum atomic E-state index is -4.16. The second-order valence-corrected chi connectivity index (χ2v) is 10.2. The summed E-state index contributed by atoms with van der Waals surface area (Å²) in [6, 6.07) is 11.6. The highest BCUT2D eigenvalue weighted by Gasteiger charge is 2.43. The minimum Gasteiger partial charge on any atom is -0.352 e. The number of benzene rings is 2. The summed E-state index contributed by atoms with van der Waals surface area (Å²) >= 11 is 6.26. The van der Waals surface area contributed by atoms with Gasteiger partial charge in [-0.25, -0.2) is 12.7 Å². The van der Waals surface area contributed by atoms with Crippen LogP contribution in [-0.4, -0.2) is 54.0 Å². The Kier molecular flexibility index (Phi) is 7.44. The van der Waals surface area contributed by atoms with Crippen LogP contribution in [-0.2, 0) is 26.2 Å². The van der Waals surface area contributed by atoms with Gasteiger partial charge >= 0.3 is 0 Å². The number of nitrogens with one attached hydrogen (secondary N) is 1. The predicted molar refractivity (Wildman–Crippen MR) is 124 cm³/mol. The first-order chi connectivity index (χ1) is 15.6. The van der Waals surface area contributed by atoms with Crippen molar-refractivity contribution in [3.8, 4) is 0 Å². The van der Waals surface area contributed by atoms with Gasteiger partial charge in [0.2, 0.25) is 11.8 Å². The van der Waals surface area contributed by atoms with E-state index in [2.05, 4.69) is 5.32 Å². The molecule has 0 radical (unpaired) electrons. The summed E-state index contributed by atoms with van der Waals surface area (Å²) in [6.07, 6.45) is 0.704. The average Bonchev–Trinajstić information content (AvgIpc) is 2.98. The molecule has 0 unspecified atom stereocenters. The molecule has 1 N–H and O–H groups in total. The molecule has 3 amide bonds. The first-order valence-electron chi connectivity index (χ1n) is 10.6. The van der Waals surface area contributed by atoms with Gasteiger partial charge in [0.05, 0.1) is 5.56 Å². The molecule has 0 saturated carbocycles. The van der Waals surface area contributed by atoms with E-state index in [0.717, 1.165) is 0 Å². The van der Waals surface area contributed by atoms with E-state index < -0.39 is 34.4 Å². The molecule has 0 bridgehead atoms. The monoisotopic (exact) mass is 491 g/mol. The zero-order valence-corrected chi connectivity index (χ0v) is 20.2. The summed E-state index contributed by atoms with van der Waals surface area (Å²) < 4.78 is 26.3. The maximum absolute atomic E-state index is 13.3. The molecule has 2 atom stereocenters. The Morgan fingerprint density at radius 2 is 1.73 bits per heavy atom. The number of halogens is 1. The van der Waals surface area contributed by atoms with Gasteiger partial charge in [-0.15, -0.1) is 0 Å². The molecule has 0 aromatic heterocycles. The Morgan fingerprint density at radius 3 is 2.36 bits per heavy atom. The van der Waals surface area contributed by atoms with Crippen LogP contribution in [0.2, 0.25) is 5.02 Å². The van der Waals surface area contributed by atoms with Gasteiger partial charge in [0.1, 0.15) is 17.5 Å². The van der Waals surface area contributed by atoms with Gasteiger partial charge in [-0.3, -0.25) is 14.4 Å². The summed E-state index contributed by atoms with van der Waals surface area (Å²) in [6.45, 7) is 4.58. The van der Waals surface area contributed by atoms with E-state index in [1.165, 1.54) is 23.1 Å². The van der Waals surface area contributed by atoms with Gasteiger partial charge in [0, 0.05) is 17.6 Å². The molecule has 33 heavy (non-hydrogen) atoms. The van der Waals surface area contributed by atoms with Crippen LogP contribution >= 0.6 is 11.6 Å². The first-order valence-corrected chi connectivity index (χ1v) is 12.4. The van der Waals surface area contributed by atoms with Crippen molar-refractivity contribution in [3.05, 3.63) is 64.7 Å². The van der Waals surface area contributed by atoms with Gasteiger partial charge < -0.3 is 10.2 Å². The minimum absolute atomic E-state index is 0.0190. The Hall–Kier alpha value is -2.91. The van der Waals surface area contributed by atoms with Gasteiger partial charge in [-0.1, -0.05) is 48.9 Å². The predicted octanol–water partition coefficient (Wildman–Crippen LogP) is 2.82. The third-order valence-corrected chi connectivity index (χ3v) is 7.81. The SMILES string of the molecule is CC[C@H](C)NC(=O)[C@H](C)N(Cc1ccccc1Cl)C(=O)CN1C(=O)c2ccccc2S1(=O)=O. The van der Waals surface area contributed by atoms with E-state index in [0.29, 0.717) is 21.3 Å². The number of hydrogen-bond acceptors (Lipinski definition) is 5. The molecule has 2 aromatic rings. The molecule has 10 heteroatoms. The van der Waals surface area contributed by atoms with Crippen LogP contribution in [0.5, 0.6) is 0 Å². The number of amides is 3. The summed E-state index contributed by atoms with van der Waals surface area (Å²) in [7, 11) is -4.16. The summed E-state index contributed by atoms with van der Waals surface area (Å²) in [5.74, 6) is -1.84. The molecule has 8 nitrogen and oxygen atoms in total. The molecular weight excluding hydrogens is 466 g/mol. The maximum atomic E-state index is 13.3. The van der Waals surface area contributed by atoms with E-state index >= 15 is 0 Å². The van der Waals surface area contributed by atoms with Gasteiger partial charge in [0.25, 0.3) is 15.9 Å². The highest BCUT2D eigenvalue weighted by molar-refractivity contribution is 7.90. The van der Waals surface area contributed by atoms with Crippen LogP contribution in [0.4, 0.5) is 0 Å². The van der Waals surface area contributed by atoms with Gasteiger partial charge in [0.15, 0.2) is 0 Å².